The molecular weight excluding hydrogens is 334 g/mol. The van der Waals surface area contributed by atoms with E-state index >= 15 is 0 Å². The smallest absolute Gasteiger partial charge is 0.341 e. The molecule has 1 aliphatic carbocycles. The lowest BCUT2D eigenvalue weighted by molar-refractivity contribution is -0.120. The Labute approximate surface area is 155 Å². The van der Waals surface area contributed by atoms with Crippen molar-refractivity contribution in [1.29, 1.82) is 0 Å². The molecule has 2 rings (SSSR count). The molecule has 0 spiro atoms. The van der Waals surface area contributed by atoms with Gasteiger partial charge in [0.25, 0.3) is 0 Å². The van der Waals surface area contributed by atoms with Gasteiger partial charge in [0, 0.05) is 10.8 Å². The van der Waals surface area contributed by atoms with Crippen LogP contribution in [0.25, 0.3) is 0 Å². The van der Waals surface area contributed by atoms with E-state index in [1.165, 1.54) is 11.3 Å². The molecule has 1 N–H and O–H groups in total. The summed E-state index contributed by atoms with van der Waals surface area (Å²) in [6, 6.07) is 0. The number of rotatable bonds is 8. The van der Waals surface area contributed by atoms with Crippen LogP contribution in [-0.4, -0.2) is 18.5 Å². The highest BCUT2D eigenvalue weighted by Gasteiger charge is 2.27. The maximum absolute atomic E-state index is 12.7. The number of ether oxygens (including phenoxy) is 1. The second-order valence-electron chi connectivity index (χ2n) is 6.73. The Balaban J connectivity index is 2.26. The summed E-state index contributed by atoms with van der Waals surface area (Å²) in [5, 5.41) is 3.77. The van der Waals surface area contributed by atoms with E-state index in [0.29, 0.717) is 17.2 Å². The van der Waals surface area contributed by atoms with Gasteiger partial charge >= 0.3 is 5.97 Å². The molecule has 1 aromatic rings. The van der Waals surface area contributed by atoms with Crippen molar-refractivity contribution in [2.45, 2.75) is 78.6 Å². The molecule has 25 heavy (non-hydrogen) atoms. The highest BCUT2D eigenvalue weighted by atomic mass is 32.1. The van der Waals surface area contributed by atoms with Crippen LogP contribution in [0.1, 0.15) is 86.5 Å². The zero-order chi connectivity index (χ0) is 18.2. The fraction of sp³-hybridized carbons (Fsp3) is 0.700. The zero-order valence-corrected chi connectivity index (χ0v) is 16.6. The van der Waals surface area contributed by atoms with Crippen molar-refractivity contribution in [2.24, 2.45) is 5.92 Å². The number of hydrogen-bond acceptors (Lipinski definition) is 4. The van der Waals surface area contributed by atoms with Crippen LogP contribution in [0.3, 0.4) is 0 Å². The molecule has 140 valence electrons. The van der Waals surface area contributed by atoms with Gasteiger partial charge in [-0.25, -0.2) is 4.79 Å². The van der Waals surface area contributed by atoms with Gasteiger partial charge < -0.3 is 10.1 Å². The Morgan fingerprint density at radius 2 is 1.92 bits per heavy atom. The summed E-state index contributed by atoms with van der Waals surface area (Å²) in [6.07, 6.45) is 9.21. The van der Waals surface area contributed by atoms with E-state index in [0.717, 1.165) is 56.9 Å². The molecule has 0 aromatic carbocycles. The van der Waals surface area contributed by atoms with Gasteiger partial charge in [-0.2, -0.15) is 0 Å². The first-order valence-electron chi connectivity index (χ1n) is 9.74. The van der Waals surface area contributed by atoms with Gasteiger partial charge in [0.15, 0.2) is 0 Å². The Hall–Kier alpha value is -1.36. The topological polar surface area (TPSA) is 55.4 Å². The van der Waals surface area contributed by atoms with Crippen LogP contribution < -0.4 is 5.32 Å². The Kier molecular flexibility index (Phi) is 7.94. The van der Waals surface area contributed by atoms with E-state index in [-0.39, 0.29) is 17.8 Å². The normalized spacial score (nSPS) is 15.2. The molecule has 1 aromatic heterocycles. The third-order valence-electron chi connectivity index (χ3n) is 4.91. The molecule has 4 nitrogen and oxygen atoms in total. The number of carbonyl (C=O) groups excluding carboxylic acids is 2. The second-order valence-corrected chi connectivity index (χ2v) is 7.83. The highest BCUT2D eigenvalue weighted by Crippen LogP contribution is 2.38. The first-order valence-corrected chi connectivity index (χ1v) is 10.6. The largest absolute Gasteiger partial charge is 0.462 e. The summed E-state index contributed by atoms with van der Waals surface area (Å²) < 4.78 is 5.28. The quantitative estimate of drug-likeness (QED) is 0.499. The van der Waals surface area contributed by atoms with E-state index in [9.17, 15) is 9.59 Å². The second kappa shape index (κ2) is 9.95. The van der Waals surface area contributed by atoms with E-state index in [4.69, 9.17) is 4.74 Å². The minimum atomic E-state index is -0.293. The fourth-order valence-corrected chi connectivity index (χ4v) is 4.72. The predicted octanol–water partition coefficient (Wildman–Crippen LogP) is 5.35. The van der Waals surface area contributed by atoms with Crippen molar-refractivity contribution in [3.8, 4) is 0 Å². The van der Waals surface area contributed by atoms with Gasteiger partial charge in [-0.3, -0.25) is 4.79 Å². The molecule has 0 fully saturated rings. The van der Waals surface area contributed by atoms with Gasteiger partial charge in [0.1, 0.15) is 5.00 Å². The summed E-state index contributed by atoms with van der Waals surface area (Å²) in [7, 11) is 0. The summed E-state index contributed by atoms with van der Waals surface area (Å²) in [5.41, 5.74) is 1.72. The first-order chi connectivity index (χ1) is 12.1. The van der Waals surface area contributed by atoms with Crippen molar-refractivity contribution < 1.29 is 14.3 Å². The minimum Gasteiger partial charge on any atom is -0.462 e. The molecule has 1 amide bonds. The predicted molar refractivity (Wildman–Crippen MR) is 103 cm³/mol. The van der Waals surface area contributed by atoms with Gasteiger partial charge in [0.05, 0.1) is 12.2 Å². The number of amides is 1. The van der Waals surface area contributed by atoms with Gasteiger partial charge in [0.2, 0.25) is 5.91 Å². The van der Waals surface area contributed by atoms with Gasteiger partial charge in [-0.1, -0.05) is 33.1 Å². The maximum Gasteiger partial charge on any atom is 0.341 e. The molecule has 1 aliphatic rings. The number of carbonyl (C=O) groups is 2. The Bertz CT molecular complexity index is 594. The molecule has 0 saturated carbocycles. The number of unbranched alkanes of at least 4 members (excludes halogenated alkanes) is 1. The van der Waals surface area contributed by atoms with Crippen LogP contribution in [0.2, 0.25) is 0 Å². The number of fused-ring (bicyclic) bond motifs is 1. The first kappa shape index (κ1) is 20.0. The molecule has 1 unspecified atom stereocenters. The molecule has 0 radical (unpaired) electrons. The van der Waals surface area contributed by atoms with Crippen LogP contribution in [0.5, 0.6) is 0 Å². The average molecular weight is 366 g/mol. The van der Waals surface area contributed by atoms with E-state index in [1.807, 2.05) is 6.92 Å². The maximum atomic E-state index is 12.7. The molecule has 1 atom stereocenters. The van der Waals surface area contributed by atoms with Crippen molar-refractivity contribution >= 4 is 28.2 Å². The SMILES string of the molecule is CCCCC(CC)C(=O)Nc1sc2c(c1C(=O)OCC)CCCCC2. The van der Waals surface area contributed by atoms with Crippen molar-refractivity contribution in [2.75, 3.05) is 11.9 Å². The number of esters is 1. The summed E-state index contributed by atoms with van der Waals surface area (Å²) in [5.74, 6) is -0.242. The number of hydrogen-bond donors (Lipinski definition) is 1. The van der Waals surface area contributed by atoms with Gasteiger partial charge in [-0.05, 0) is 51.0 Å². The van der Waals surface area contributed by atoms with E-state index < -0.39 is 0 Å². The van der Waals surface area contributed by atoms with Crippen LogP contribution in [0.15, 0.2) is 0 Å². The standard InChI is InChI=1S/C20H31NO3S/c1-4-7-11-14(5-2)18(22)21-19-17(20(23)24-6-3)15-12-9-8-10-13-16(15)25-19/h14H,4-13H2,1-3H3,(H,21,22). The summed E-state index contributed by atoms with van der Waals surface area (Å²) in [6.45, 7) is 6.36. The average Bonchev–Trinajstić information content (AvgIpc) is 2.76. The number of thiophene rings is 1. The minimum absolute atomic E-state index is 0.0110. The molecule has 5 heteroatoms. The Morgan fingerprint density at radius 1 is 1.16 bits per heavy atom. The summed E-state index contributed by atoms with van der Waals surface area (Å²) >= 11 is 1.58. The van der Waals surface area contributed by atoms with Crippen LogP contribution in [-0.2, 0) is 22.4 Å². The van der Waals surface area contributed by atoms with Crippen LogP contribution >= 0.6 is 11.3 Å². The van der Waals surface area contributed by atoms with Crippen LogP contribution in [0.4, 0.5) is 5.00 Å². The third kappa shape index (κ3) is 5.06. The lowest BCUT2D eigenvalue weighted by Gasteiger charge is -2.15. The van der Waals surface area contributed by atoms with Gasteiger partial charge in [-0.15, -0.1) is 11.3 Å². The number of aryl methyl sites for hydroxylation is 1. The fourth-order valence-electron chi connectivity index (χ4n) is 3.44. The number of nitrogens with one attached hydrogen (secondary N) is 1. The number of anilines is 1. The molecule has 1 heterocycles. The molecular formula is C20H31NO3S. The molecule has 0 bridgehead atoms. The van der Waals surface area contributed by atoms with Crippen molar-refractivity contribution in [3.63, 3.8) is 0 Å². The molecule has 0 saturated heterocycles. The lowest BCUT2D eigenvalue weighted by atomic mass is 9.98. The summed E-state index contributed by atoms with van der Waals surface area (Å²) in [4.78, 5) is 26.5. The van der Waals surface area contributed by atoms with Crippen LogP contribution in [0, 0.1) is 5.92 Å². The Morgan fingerprint density at radius 3 is 2.60 bits per heavy atom. The highest BCUT2D eigenvalue weighted by molar-refractivity contribution is 7.17. The van der Waals surface area contributed by atoms with E-state index in [1.54, 1.807) is 11.3 Å². The monoisotopic (exact) mass is 365 g/mol. The molecule has 0 aliphatic heterocycles. The third-order valence-corrected chi connectivity index (χ3v) is 6.11. The lowest BCUT2D eigenvalue weighted by Crippen LogP contribution is -2.23. The van der Waals surface area contributed by atoms with Crippen molar-refractivity contribution in [3.05, 3.63) is 16.0 Å². The van der Waals surface area contributed by atoms with Crippen molar-refractivity contribution in [1.82, 2.24) is 0 Å². The zero-order valence-electron chi connectivity index (χ0n) is 15.8. The van der Waals surface area contributed by atoms with E-state index in [2.05, 4.69) is 19.2 Å².